The minimum Gasteiger partial charge on any atom is -0.493 e. The number of likely N-dealkylation sites (tertiary alicyclic amines) is 1. The van der Waals surface area contributed by atoms with E-state index in [1.54, 1.807) is 30.2 Å². The number of pyridine rings is 1. The third kappa shape index (κ3) is 4.54. The van der Waals surface area contributed by atoms with E-state index in [4.69, 9.17) is 9.47 Å². The van der Waals surface area contributed by atoms with Crippen LogP contribution in [0.4, 0.5) is 5.69 Å². The van der Waals surface area contributed by atoms with E-state index >= 15 is 0 Å². The first-order valence-corrected chi connectivity index (χ1v) is 10.8. The summed E-state index contributed by atoms with van der Waals surface area (Å²) in [4.78, 5) is 31.5. The summed E-state index contributed by atoms with van der Waals surface area (Å²) in [7, 11) is 1.57. The van der Waals surface area contributed by atoms with Gasteiger partial charge in [-0.05, 0) is 36.6 Å². The van der Waals surface area contributed by atoms with Crippen molar-refractivity contribution >= 4 is 23.1 Å². The van der Waals surface area contributed by atoms with Gasteiger partial charge in [0.1, 0.15) is 18.3 Å². The number of anilines is 1. The standard InChI is InChI=1S/C24H28N4O4/c1-16(2)23(28-12-6-8-22(28)29)24(30)26-17-9-10-19(31-3)20(13-17)32-15-18-14-27-11-5-4-7-21(27)25-18/h4-5,7,9-11,13-14,16,23H,6,8,12,15H2,1-3H3,(H,26,30). The van der Waals surface area contributed by atoms with Crippen molar-refractivity contribution in [3.63, 3.8) is 0 Å². The van der Waals surface area contributed by atoms with E-state index in [-0.39, 0.29) is 24.3 Å². The molecule has 1 aliphatic heterocycles. The summed E-state index contributed by atoms with van der Waals surface area (Å²) in [6.45, 7) is 4.78. The summed E-state index contributed by atoms with van der Waals surface area (Å²) in [6.07, 6.45) is 5.13. The van der Waals surface area contributed by atoms with E-state index in [2.05, 4.69) is 10.3 Å². The van der Waals surface area contributed by atoms with Crippen LogP contribution in [0, 0.1) is 5.92 Å². The summed E-state index contributed by atoms with van der Waals surface area (Å²) in [5, 5.41) is 2.94. The number of nitrogens with zero attached hydrogens (tertiary/aromatic N) is 3. The predicted molar refractivity (Wildman–Crippen MR) is 121 cm³/mol. The third-order valence-electron chi connectivity index (χ3n) is 5.57. The second-order valence-electron chi connectivity index (χ2n) is 8.22. The van der Waals surface area contributed by atoms with Gasteiger partial charge >= 0.3 is 0 Å². The second-order valence-corrected chi connectivity index (χ2v) is 8.22. The Morgan fingerprint density at radius 1 is 1.22 bits per heavy atom. The number of carbonyl (C=O) groups excluding carboxylic acids is 2. The fourth-order valence-electron chi connectivity index (χ4n) is 4.06. The smallest absolute Gasteiger partial charge is 0.247 e. The molecule has 3 aromatic rings. The Hall–Kier alpha value is -3.55. The van der Waals surface area contributed by atoms with E-state index in [0.717, 1.165) is 17.8 Å². The molecule has 0 saturated carbocycles. The molecule has 0 bridgehead atoms. The zero-order valence-electron chi connectivity index (χ0n) is 18.6. The van der Waals surface area contributed by atoms with Crippen molar-refractivity contribution in [1.82, 2.24) is 14.3 Å². The molecule has 0 spiro atoms. The van der Waals surface area contributed by atoms with Crippen LogP contribution in [0.2, 0.25) is 0 Å². The van der Waals surface area contributed by atoms with Crippen molar-refractivity contribution in [2.24, 2.45) is 5.92 Å². The average Bonchev–Trinajstić information content (AvgIpc) is 3.38. The third-order valence-corrected chi connectivity index (χ3v) is 5.57. The molecule has 3 heterocycles. The Morgan fingerprint density at radius 2 is 2.06 bits per heavy atom. The van der Waals surface area contributed by atoms with Crippen LogP contribution in [0.1, 0.15) is 32.4 Å². The van der Waals surface area contributed by atoms with Gasteiger partial charge in [-0.1, -0.05) is 19.9 Å². The van der Waals surface area contributed by atoms with Crippen molar-refractivity contribution in [1.29, 1.82) is 0 Å². The first kappa shape index (κ1) is 21.7. The molecule has 8 heteroatoms. The maximum Gasteiger partial charge on any atom is 0.247 e. The number of rotatable bonds is 8. The van der Waals surface area contributed by atoms with Gasteiger partial charge in [0.2, 0.25) is 11.8 Å². The minimum absolute atomic E-state index is 0.000987. The number of benzene rings is 1. The number of carbonyl (C=O) groups is 2. The first-order chi connectivity index (χ1) is 15.5. The minimum atomic E-state index is -0.505. The zero-order chi connectivity index (χ0) is 22.7. The number of methoxy groups -OCH3 is 1. The number of aromatic nitrogens is 2. The summed E-state index contributed by atoms with van der Waals surface area (Å²) in [5.41, 5.74) is 2.20. The Morgan fingerprint density at radius 3 is 2.75 bits per heavy atom. The number of hydrogen-bond donors (Lipinski definition) is 1. The Kier molecular flexibility index (Phi) is 6.30. The molecule has 2 aromatic heterocycles. The average molecular weight is 437 g/mol. The highest BCUT2D eigenvalue weighted by molar-refractivity contribution is 5.98. The molecule has 1 aromatic carbocycles. The fourth-order valence-corrected chi connectivity index (χ4v) is 4.06. The van der Waals surface area contributed by atoms with Gasteiger partial charge in [0.05, 0.1) is 12.8 Å². The lowest BCUT2D eigenvalue weighted by atomic mass is 10.0. The molecule has 8 nitrogen and oxygen atoms in total. The number of nitrogens with one attached hydrogen (secondary N) is 1. The monoisotopic (exact) mass is 436 g/mol. The van der Waals surface area contributed by atoms with Gasteiger partial charge in [-0.25, -0.2) is 4.98 Å². The molecule has 0 aliphatic carbocycles. The normalized spacial score (nSPS) is 14.8. The van der Waals surface area contributed by atoms with E-state index in [9.17, 15) is 9.59 Å². The molecule has 0 radical (unpaired) electrons. The molecular formula is C24H28N4O4. The molecule has 1 atom stereocenters. The van der Waals surface area contributed by atoms with Crippen LogP contribution in [0.15, 0.2) is 48.8 Å². The lowest BCUT2D eigenvalue weighted by Gasteiger charge is -2.29. The Balaban J connectivity index is 1.49. The molecule has 2 amide bonds. The Labute approximate surface area is 187 Å². The largest absolute Gasteiger partial charge is 0.493 e. The summed E-state index contributed by atoms with van der Waals surface area (Å²) >= 11 is 0. The van der Waals surface area contributed by atoms with Crippen LogP contribution in [-0.4, -0.2) is 45.8 Å². The second kappa shape index (κ2) is 9.30. The lowest BCUT2D eigenvalue weighted by Crippen LogP contribution is -2.47. The van der Waals surface area contributed by atoms with E-state index in [1.165, 1.54) is 0 Å². The highest BCUT2D eigenvalue weighted by Crippen LogP contribution is 2.31. The SMILES string of the molecule is COc1ccc(NC(=O)C(C(C)C)N2CCCC2=O)cc1OCc1cn2ccccc2n1. The number of ether oxygens (including phenoxy) is 2. The van der Waals surface area contributed by atoms with Crippen LogP contribution < -0.4 is 14.8 Å². The highest BCUT2D eigenvalue weighted by atomic mass is 16.5. The van der Waals surface area contributed by atoms with E-state index < -0.39 is 6.04 Å². The van der Waals surface area contributed by atoms with Gasteiger partial charge in [0.15, 0.2) is 11.5 Å². The van der Waals surface area contributed by atoms with Crippen molar-refractivity contribution in [3.05, 3.63) is 54.5 Å². The Bertz CT molecular complexity index is 1090. The van der Waals surface area contributed by atoms with Gasteiger partial charge in [0, 0.05) is 37.1 Å². The zero-order valence-corrected chi connectivity index (χ0v) is 18.6. The maximum absolute atomic E-state index is 13.0. The number of hydrogen-bond acceptors (Lipinski definition) is 5. The van der Waals surface area contributed by atoms with Crippen molar-refractivity contribution in [2.75, 3.05) is 19.0 Å². The molecule has 168 valence electrons. The number of amides is 2. The van der Waals surface area contributed by atoms with Crippen LogP contribution >= 0.6 is 0 Å². The quantitative estimate of drug-likeness (QED) is 0.584. The fraction of sp³-hybridized carbons (Fsp3) is 0.375. The van der Waals surface area contributed by atoms with Crippen molar-refractivity contribution in [2.45, 2.75) is 39.3 Å². The van der Waals surface area contributed by atoms with Crippen LogP contribution in [0.25, 0.3) is 5.65 Å². The van der Waals surface area contributed by atoms with Gasteiger partial charge in [-0.15, -0.1) is 0 Å². The van der Waals surface area contributed by atoms with Crippen molar-refractivity contribution in [3.8, 4) is 11.5 Å². The van der Waals surface area contributed by atoms with Gasteiger partial charge in [-0.3, -0.25) is 9.59 Å². The molecule has 1 saturated heterocycles. The van der Waals surface area contributed by atoms with E-state index in [0.29, 0.717) is 30.2 Å². The van der Waals surface area contributed by atoms with Crippen LogP contribution in [0.3, 0.4) is 0 Å². The maximum atomic E-state index is 13.0. The molecule has 1 N–H and O–H groups in total. The number of imidazole rings is 1. The van der Waals surface area contributed by atoms with Crippen molar-refractivity contribution < 1.29 is 19.1 Å². The molecule has 1 fully saturated rings. The van der Waals surface area contributed by atoms with Gasteiger partial charge in [0.25, 0.3) is 0 Å². The summed E-state index contributed by atoms with van der Waals surface area (Å²) < 4.78 is 13.3. The molecule has 1 aliphatic rings. The predicted octanol–water partition coefficient (Wildman–Crippen LogP) is 3.51. The van der Waals surface area contributed by atoms with Crippen LogP contribution in [-0.2, 0) is 16.2 Å². The first-order valence-electron chi connectivity index (χ1n) is 10.8. The van der Waals surface area contributed by atoms with Gasteiger partial charge < -0.3 is 24.1 Å². The lowest BCUT2D eigenvalue weighted by molar-refractivity contribution is -0.136. The van der Waals surface area contributed by atoms with E-state index in [1.807, 2.05) is 48.8 Å². The molecule has 1 unspecified atom stereocenters. The number of fused-ring (bicyclic) bond motifs is 1. The summed E-state index contributed by atoms with van der Waals surface area (Å²) in [5.74, 6) is 0.889. The molecule has 32 heavy (non-hydrogen) atoms. The van der Waals surface area contributed by atoms with Crippen LogP contribution in [0.5, 0.6) is 11.5 Å². The summed E-state index contributed by atoms with van der Waals surface area (Å²) in [6, 6.07) is 10.5. The van der Waals surface area contributed by atoms with Gasteiger partial charge in [-0.2, -0.15) is 0 Å². The topological polar surface area (TPSA) is 85.2 Å². The highest BCUT2D eigenvalue weighted by Gasteiger charge is 2.35. The molecule has 4 rings (SSSR count). The molecular weight excluding hydrogens is 408 g/mol.